The molecule has 0 spiro atoms. The molecule has 2 N–H and O–H groups in total. The number of aromatic nitrogens is 2. The van der Waals surface area contributed by atoms with E-state index in [0.717, 1.165) is 33.2 Å². The third-order valence-corrected chi connectivity index (χ3v) is 5.21. The zero-order valence-electron chi connectivity index (χ0n) is 18.0. The lowest BCUT2D eigenvalue weighted by atomic mass is 10.2. The number of anilines is 1. The van der Waals surface area contributed by atoms with Crippen LogP contribution in [0.1, 0.15) is 22.5 Å². The zero-order valence-corrected chi connectivity index (χ0v) is 18.0. The van der Waals surface area contributed by atoms with Crippen LogP contribution in [0, 0.1) is 20.8 Å². The van der Waals surface area contributed by atoms with Crippen molar-refractivity contribution in [3.05, 3.63) is 82.9 Å². The van der Waals surface area contributed by atoms with Crippen LogP contribution in [-0.4, -0.2) is 38.8 Å². The first-order valence-electron chi connectivity index (χ1n) is 10.1. The van der Waals surface area contributed by atoms with E-state index in [-0.39, 0.29) is 12.2 Å². The molecule has 8 nitrogen and oxygen atoms in total. The van der Waals surface area contributed by atoms with Crippen LogP contribution in [0.25, 0.3) is 11.9 Å². The molecule has 3 aromatic rings. The maximum absolute atomic E-state index is 12.8. The first kappa shape index (κ1) is 21.0. The molecule has 0 atom stereocenters. The Bertz CT molecular complexity index is 1240. The summed E-state index contributed by atoms with van der Waals surface area (Å²) in [5.41, 5.74) is 4.33. The molecule has 0 saturated carbocycles. The Morgan fingerprint density at radius 3 is 2.62 bits per heavy atom. The average molecular weight is 429 g/mol. The smallest absolute Gasteiger partial charge is 0.325 e. The van der Waals surface area contributed by atoms with Gasteiger partial charge in [0, 0.05) is 23.3 Å². The minimum absolute atomic E-state index is 0.125. The highest BCUT2D eigenvalue weighted by Crippen LogP contribution is 2.23. The molecule has 1 aliphatic heterocycles. The van der Waals surface area contributed by atoms with Crippen LogP contribution in [0.5, 0.6) is 0 Å². The minimum atomic E-state index is -0.626. The van der Waals surface area contributed by atoms with Crippen LogP contribution in [0.4, 0.5) is 10.5 Å². The van der Waals surface area contributed by atoms with Gasteiger partial charge in [-0.2, -0.15) is 0 Å². The van der Waals surface area contributed by atoms with Gasteiger partial charge in [-0.15, -0.1) is 0 Å². The molecule has 8 heteroatoms. The summed E-state index contributed by atoms with van der Waals surface area (Å²) in [6, 6.07) is 14.2. The summed E-state index contributed by atoms with van der Waals surface area (Å²) in [5, 5.41) is 5.28. The summed E-state index contributed by atoms with van der Waals surface area (Å²) < 4.78 is 1.97. The molecule has 1 fully saturated rings. The Morgan fingerprint density at radius 2 is 1.91 bits per heavy atom. The minimum Gasteiger partial charge on any atom is -0.325 e. The molecular weight excluding hydrogens is 406 g/mol. The molecule has 32 heavy (non-hydrogen) atoms. The van der Waals surface area contributed by atoms with Gasteiger partial charge in [0.15, 0.2) is 0 Å². The Morgan fingerprint density at radius 1 is 1.09 bits per heavy atom. The van der Waals surface area contributed by atoms with Gasteiger partial charge in [0.2, 0.25) is 5.91 Å². The van der Waals surface area contributed by atoms with Gasteiger partial charge in [-0.1, -0.05) is 18.2 Å². The fourth-order valence-corrected chi connectivity index (χ4v) is 3.71. The van der Waals surface area contributed by atoms with Gasteiger partial charge in [-0.3, -0.25) is 9.59 Å². The summed E-state index contributed by atoms with van der Waals surface area (Å²) in [7, 11) is 0. The Labute approximate surface area is 185 Å². The van der Waals surface area contributed by atoms with Crippen molar-refractivity contribution in [1.82, 2.24) is 19.8 Å². The number of benzene rings is 1. The molecule has 2 aromatic heterocycles. The van der Waals surface area contributed by atoms with Crippen LogP contribution >= 0.6 is 0 Å². The molecule has 0 radical (unpaired) electrons. The molecule has 4 amide bonds. The van der Waals surface area contributed by atoms with E-state index in [1.807, 2.05) is 67.8 Å². The number of carbonyl (C=O) groups is 3. The van der Waals surface area contributed by atoms with Crippen molar-refractivity contribution >= 4 is 29.6 Å². The number of nitrogens with one attached hydrogen (secondary N) is 2. The fourth-order valence-electron chi connectivity index (χ4n) is 3.71. The summed E-state index contributed by atoms with van der Waals surface area (Å²) in [4.78, 5) is 42.8. The maximum Gasteiger partial charge on any atom is 0.329 e. The van der Waals surface area contributed by atoms with E-state index >= 15 is 0 Å². The van der Waals surface area contributed by atoms with Gasteiger partial charge in [0.1, 0.15) is 18.1 Å². The second kappa shape index (κ2) is 8.50. The van der Waals surface area contributed by atoms with Crippen molar-refractivity contribution in [2.45, 2.75) is 20.8 Å². The van der Waals surface area contributed by atoms with E-state index < -0.39 is 17.8 Å². The van der Waals surface area contributed by atoms with Crippen molar-refractivity contribution in [3.63, 3.8) is 0 Å². The normalized spacial score (nSPS) is 14.7. The van der Waals surface area contributed by atoms with Gasteiger partial charge in [0.05, 0.1) is 0 Å². The molecule has 1 saturated heterocycles. The maximum atomic E-state index is 12.8. The van der Waals surface area contributed by atoms with E-state index in [2.05, 4.69) is 15.6 Å². The van der Waals surface area contributed by atoms with E-state index in [4.69, 9.17) is 0 Å². The average Bonchev–Trinajstić information content (AvgIpc) is 3.18. The topological polar surface area (TPSA) is 96.3 Å². The first-order valence-corrected chi connectivity index (χ1v) is 10.1. The Balaban J connectivity index is 1.52. The number of rotatable bonds is 5. The van der Waals surface area contributed by atoms with Crippen molar-refractivity contribution < 1.29 is 14.4 Å². The number of carbonyl (C=O) groups excluding carboxylic acids is 3. The number of imide groups is 1. The molecule has 1 aromatic carbocycles. The molecule has 3 heterocycles. The van der Waals surface area contributed by atoms with E-state index in [9.17, 15) is 14.4 Å². The molecule has 162 valence electrons. The van der Waals surface area contributed by atoms with Gasteiger partial charge < -0.3 is 15.2 Å². The molecule has 0 unspecified atom stereocenters. The number of urea groups is 1. The molecule has 4 rings (SSSR count). The summed E-state index contributed by atoms with van der Waals surface area (Å²) in [6.45, 7) is 5.40. The van der Waals surface area contributed by atoms with E-state index in [1.165, 1.54) is 0 Å². The monoisotopic (exact) mass is 429 g/mol. The van der Waals surface area contributed by atoms with E-state index in [1.54, 1.807) is 18.3 Å². The Kier molecular flexibility index (Phi) is 5.59. The second-order valence-corrected chi connectivity index (χ2v) is 7.65. The highest BCUT2D eigenvalue weighted by atomic mass is 16.2. The van der Waals surface area contributed by atoms with Crippen molar-refractivity contribution in [2.24, 2.45) is 0 Å². The SMILES string of the molecule is Cc1cccc(NC(=O)CN2C(=O)NC(=Cc3cc(C)n(-c4ccccn4)c3C)C2=O)c1. The zero-order chi connectivity index (χ0) is 22.8. The number of pyridine rings is 1. The number of amides is 4. The van der Waals surface area contributed by atoms with Crippen LogP contribution in [0.3, 0.4) is 0 Å². The van der Waals surface area contributed by atoms with Gasteiger partial charge in [-0.05, 0) is 68.3 Å². The third-order valence-electron chi connectivity index (χ3n) is 5.21. The molecular formula is C24H23N5O3. The van der Waals surface area contributed by atoms with Crippen molar-refractivity contribution in [2.75, 3.05) is 11.9 Å². The van der Waals surface area contributed by atoms with Gasteiger partial charge >= 0.3 is 6.03 Å². The highest BCUT2D eigenvalue weighted by molar-refractivity contribution is 6.16. The quantitative estimate of drug-likeness (QED) is 0.480. The van der Waals surface area contributed by atoms with Crippen LogP contribution in [0.2, 0.25) is 0 Å². The predicted octanol–water partition coefficient (Wildman–Crippen LogP) is 3.33. The number of aryl methyl sites for hydroxylation is 2. The lowest BCUT2D eigenvalue weighted by Crippen LogP contribution is -2.38. The van der Waals surface area contributed by atoms with Gasteiger partial charge in [0.25, 0.3) is 5.91 Å². The first-order chi connectivity index (χ1) is 15.3. The van der Waals surface area contributed by atoms with Crippen molar-refractivity contribution in [1.29, 1.82) is 0 Å². The van der Waals surface area contributed by atoms with Crippen LogP contribution < -0.4 is 10.6 Å². The number of hydrogen-bond donors (Lipinski definition) is 2. The van der Waals surface area contributed by atoms with E-state index in [0.29, 0.717) is 5.69 Å². The second-order valence-electron chi connectivity index (χ2n) is 7.65. The third kappa shape index (κ3) is 4.15. The highest BCUT2D eigenvalue weighted by Gasteiger charge is 2.35. The summed E-state index contributed by atoms with van der Waals surface area (Å²) in [5.74, 6) is -0.228. The largest absolute Gasteiger partial charge is 0.329 e. The molecule has 1 aliphatic rings. The lowest BCUT2D eigenvalue weighted by molar-refractivity contribution is -0.127. The molecule has 0 bridgehead atoms. The summed E-state index contributed by atoms with van der Waals surface area (Å²) in [6.07, 6.45) is 3.34. The predicted molar refractivity (Wildman–Crippen MR) is 121 cm³/mol. The number of nitrogens with zero attached hydrogens (tertiary/aromatic N) is 3. The lowest BCUT2D eigenvalue weighted by Gasteiger charge is -2.12. The van der Waals surface area contributed by atoms with Crippen molar-refractivity contribution in [3.8, 4) is 5.82 Å². The van der Waals surface area contributed by atoms with Crippen LogP contribution in [-0.2, 0) is 9.59 Å². The fraction of sp³-hybridized carbons (Fsp3) is 0.167. The standard InChI is InChI=1S/C24H23N5O3/c1-15-7-6-8-19(11-15)26-22(30)14-28-23(31)20(27-24(28)32)13-18-12-16(2)29(17(18)3)21-9-4-5-10-25-21/h4-13H,14H2,1-3H3,(H,26,30)(H,27,32). The van der Waals surface area contributed by atoms with Crippen LogP contribution in [0.15, 0.2) is 60.4 Å². The number of hydrogen-bond acceptors (Lipinski definition) is 4. The summed E-state index contributed by atoms with van der Waals surface area (Å²) >= 11 is 0. The van der Waals surface area contributed by atoms with Gasteiger partial charge in [-0.25, -0.2) is 14.7 Å². The Hall–Kier alpha value is -4.20. The molecule has 0 aliphatic carbocycles.